The number of rotatable bonds is 1. The van der Waals surface area contributed by atoms with E-state index in [4.69, 9.17) is 4.55 Å². The Bertz CT molecular complexity index is 111. The van der Waals surface area contributed by atoms with E-state index in [1.165, 1.54) is 0 Å². The van der Waals surface area contributed by atoms with Crippen LogP contribution < -0.4 is 0 Å². The van der Waals surface area contributed by atoms with Crippen LogP contribution in [0.2, 0.25) is 0 Å². The summed E-state index contributed by atoms with van der Waals surface area (Å²) >= 11 is 5.67. The predicted octanol–water partition coefficient (Wildman–Crippen LogP) is -0.779. The Morgan fingerprint density at radius 1 is 2.00 bits per heavy atom. The van der Waals surface area contributed by atoms with Crippen LogP contribution in [0.3, 0.4) is 0 Å². The molecule has 0 radical (unpaired) electrons. The van der Waals surface area contributed by atoms with Crippen LogP contribution in [0.5, 0.6) is 0 Å². The Morgan fingerprint density at radius 3 is 2.17 bits per heavy atom. The molecule has 0 saturated heterocycles. The molecule has 1 unspecified atom stereocenters. The van der Waals surface area contributed by atoms with Gasteiger partial charge in [-0.05, 0) is 0 Å². The second-order valence-electron chi connectivity index (χ2n) is 0.496. The zero-order valence-electron chi connectivity index (χ0n) is 2.49. The summed E-state index contributed by atoms with van der Waals surface area (Å²) in [5.74, 6) is 0. The standard InChI is InChI=1S/H2O3S2Se/c1-5(2,4)3-6/h6H,(H,1,2,4)/p-1. The van der Waals surface area contributed by atoms with Crippen molar-refractivity contribution in [2.45, 2.75) is 0 Å². The van der Waals surface area contributed by atoms with E-state index in [9.17, 15) is 4.21 Å². The number of hydrogen-bond acceptors (Lipinski definition) is 3. The topological polar surface area (TPSA) is 46.5 Å². The molecule has 6 heavy (non-hydrogen) atoms. The molecule has 1 N–H and O–H groups in total. The van der Waals surface area contributed by atoms with Crippen molar-refractivity contribution in [1.29, 1.82) is 0 Å². The monoisotopic (exact) mass is 193 g/mol. The molecule has 0 aromatic heterocycles. The van der Waals surface area contributed by atoms with Crippen molar-refractivity contribution in [3.63, 3.8) is 0 Å². The Hall–Kier alpha value is 0.809. The second-order valence-corrected chi connectivity index (χ2v) is 3.61. The van der Waals surface area contributed by atoms with E-state index in [0.29, 0.717) is 0 Å². The summed E-state index contributed by atoms with van der Waals surface area (Å²) in [5, 5.41) is 0. The van der Waals surface area contributed by atoms with Crippen LogP contribution >= 0.6 is 0 Å². The fraction of sp³-hybridized carbons (Fsp3) is 0. The molecule has 0 aliphatic carbocycles. The van der Waals surface area contributed by atoms with Gasteiger partial charge in [-0.25, -0.2) is 0 Å². The van der Waals surface area contributed by atoms with E-state index < -0.39 is 9.05 Å². The molecular formula is HO3S2Se-. The number of hydrogen-bond donors (Lipinski definition) is 1. The minimum atomic E-state index is -3.38. The van der Waals surface area contributed by atoms with Gasteiger partial charge in [0.05, 0.1) is 0 Å². The van der Waals surface area contributed by atoms with Crippen molar-refractivity contribution in [3.8, 4) is 0 Å². The van der Waals surface area contributed by atoms with Crippen LogP contribution in [0, 0.1) is 0 Å². The van der Waals surface area contributed by atoms with Crippen molar-refractivity contribution in [3.05, 3.63) is 0 Å². The Balaban J connectivity index is 3.85. The van der Waals surface area contributed by atoms with Crippen LogP contribution in [0.1, 0.15) is 0 Å². The third kappa shape index (κ3) is 4.81. The molecular weight excluding hydrogens is 191 g/mol. The average molecular weight is 192 g/mol. The molecule has 6 heteroatoms. The van der Waals surface area contributed by atoms with Gasteiger partial charge in [-0.1, -0.05) is 0 Å². The summed E-state index contributed by atoms with van der Waals surface area (Å²) in [6, 6.07) is 0. The first-order chi connectivity index (χ1) is 2.56. The quantitative estimate of drug-likeness (QED) is 0.553. The summed E-state index contributed by atoms with van der Waals surface area (Å²) in [5.41, 5.74) is 0. The summed E-state index contributed by atoms with van der Waals surface area (Å²) in [4.78, 5) is 0. The second kappa shape index (κ2) is 2.20. The normalized spacial score (nSPS) is 19.7. The molecule has 0 saturated carbocycles. The third-order valence-electron chi connectivity index (χ3n) is 0.0860. The molecule has 0 aliphatic heterocycles. The molecule has 1 atom stereocenters. The molecule has 0 spiro atoms. The molecule has 38 valence electrons. The zero-order chi connectivity index (χ0) is 5.21. The first-order valence-corrected chi connectivity index (χ1v) is 3.91. The van der Waals surface area contributed by atoms with Gasteiger partial charge in [0.2, 0.25) is 0 Å². The predicted molar refractivity (Wildman–Crippen MR) is 25.0 cm³/mol. The third-order valence-corrected chi connectivity index (χ3v) is 2.21. The Morgan fingerprint density at radius 2 is 2.17 bits per heavy atom. The molecule has 0 aromatic rings. The van der Waals surface area contributed by atoms with Crippen LogP contribution in [0.15, 0.2) is 0 Å². The van der Waals surface area contributed by atoms with Crippen molar-refractivity contribution >= 4 is 36.6 Å². The van der Waals surface area contributed by atoms with E-state index in [1.807, 2.05) is 16.3 Å². The van der Waals surface area contributed by atoms with E-state index in [1.54, 1.807) is 0 Å². The molecule has 3 nitrogen and oxygen atoms in total. The van der Waals surface area contributed by atoms with E-state index in [2.05, 4.69) is 14.5 Å². The Kier molecular flexibility index (Phi) is 2.50. The maximum absolute atomic E-state index is 9.67. The first-order valence-electron chi connectivity index (χ1n) is 0.849. The van der Waals surface area contributed by atoms with Crippen molar-refractivity contribution in [1.82, 2.24) is 0 Å². The molecule has 0 bridgehead atoms. The van der Waals surface area contributed by atoms with Gasteiger partial charge in [0.1, 0.15) is 0 Å². The molecule has 0 aromatic carbocycles. The van der Waals surface area contributed by atoms with E-state index >= 15 is 0 Å². The molecule has 0 fully saturated rings. The van der Waals surface area contributed by atoms with Crippen molar-refractivity contribution in [2.75, 3.05) is 0 Å². The molecule has 0 heterocycles. The summed E-state index contributed by atoms with van der Waals surface area (Å²) in [6.45, 7) is 0. The SMILES string of the molecule is O=S(O)(=S)O[Se-]. The van der Waals surface area contributed by atoms with Crippen LogP contribution in [0.25, 0.3) is 0 Å². The van der Waals surface area contributed by atoms with Gasteiger partial charge in [-0.15, -0.1) is 0 Å². The van der Waals surface area contributed by atoms with Gasteiger partial charge in [0.15, 0.2) is 0 Å². The van der Waals surface area contributed by atoms with Crippen LogP contribution in [-0.4, -0.2) is 25.1 Å². The van der Waals surface area contributed by atoms with Gasteiger partial charge >= 0.3 is 48.6 Å². The van der Waals surface area contributed by atoms with Gasteiger partial charge in [-0.2, -0.15) is 0 Å². The summed E-state index contributed by atoms with van der Waals surface area (Å²) in [6.07, 6.45) is 0. The van der Waals surface area contributed by atoms with Crippen molar-refractivity contribution < 1.29 is 12.0 Å². The van der Waals surface area contributed by atoms with Crippen LogP contribution in [-0.2, 0) is 23.5 Å². The van der Waals surface area contributed by atoms with Gasteiger partial charge in [0.25, 0.3) is 0 Å². The molecule has 0 aliphatic rings. The fourth-order valence-electron chi connectivity index (χ4n) is 0. The van der Waals surface area contributed by atoms with E-state index in [0.717, 1.165) is 0 Å². The summed E-state index contributed by atoms with van der Waals surface area (Å²) in [7, 11) is -3.38. The fourth-order valence-corrected chi connectivity index (χ4v) is 0. The first kappa shape index (κ1) is 6.81. The van der Waals surface area contributed by atoms with Gasteiger partial charge in [-0.3, -0.25) is 0 Å². The Labute approximate surface area is 48.9 Å². The average Bonchev–Trinajstić information content (AvgIpc) is 1.35. The van der Waals surface area contributed by atoms with E-state index in [-0.39, 0.29) is 0 Å². The maximum atomic E-state index is 9.67. The molecule has 0 amide bonds. The van der Waals surface area contributed by atoms with Gasteiger partial charge in [0, 0.05) is 0 Å². The zero-order valence-corrected chi connectivity index (χ0v) is 5.83. The molecule has 0 rings (SSSR count). The summed E-state index contributed by atoms with van der Waals surface area (Å²) < 4.78 is 21.3. The van der Waals surface area contributed by atoms with Crippen LogP contribution in [0.4, 0.5) is 0 Å². The minimum absolute atomic E-state index is 1.85. The van der Waals surface area contributed by atoms with Gasteiger partial charge < -0.3 is 0 Å². The van der Waals surface area contributed by atoms with Crippen molar-refractivity contribution in [2.24, 2.45) is 0 Å².